The summed E-state index contributed by atoms with van der Waals surface area (Å²) in [6.07, 6.45) is 6.79. The van der Waals surface area contributed by atoms with Gasteiger partial charge in [-0.3, -0.25) is 4.90 Å². The minimum absolute atomic E-state index is 0.438. The second-order valence-corrected chi connectivity index (χ2v) is 4.87. The third kappa shape index (κ3) is 1.94. The van der Waals surface area contributed by atoms with E-state index in [1.807, 2.05) is 6.07 Å². The van der Waals surface area contributed by atoms with E-state index in [-0.39, 0.29) is 0 Å². The lowest BCUT2D eigenvalue weighted by Crippen LogP contribution is -2.51. The van der Waals surface area contributed by atoms with Crippen molar-refractivity contribution in [2.75, 3.05) is 0 Å². The first-order chi connectivity index (χ1) is 7.33. The van der Waals surface area contributed by atoms with Crippen LogP contribution in [0, 0.1) is 0 Å². The average molecular weight is 206 g/mol. The number of hydrogen-bond acceptors (Lipinski definition) is 3. The summed E-state index contributed by atoms with van der Waals surface area (Å²) in [5.41, 5.74) is 5.85. The van der Waals surface area contributed by atoms with Gasteiger partial charge in [0.05, 0.1) is 12.8 Å². The van der Waals surface area contributed by atoms with Crippen molar-refractivity contribution < 1.29 is 4.42 Å². The van der Waals surface area contributed by atoms with Gasteiger partial charge in [0.15, 0.2) is 0 Å². The van der Waals surface area contributed by atoms with Crippen LogP contribution in [-0.4, -0.2) is 23.0 Å². The van der Waals surface area contributed by atoms with Crippen LogP contribution in [0.3, 0.4) is 0 Å². The van der Waals surface area contributed by atoms with Gasteiger partial charge in [0, 0.05) is 18.1 Å². The van der Waals surface area contributed by atoms with Crippen LogP contribution in [0.2, 0.25) is 0 Å². The normalized spacial score (nSPS) is 30.5. The Morgan fingerprint density at radius 3 is 2.67 bits per heavy atom. The highest BCUT2D eigenvalue weighted by Gasteiger charge is 2.39. The van der Waals surface area contributed by atoms with Crippen molar-refractivity contribution in [2.45, 2.75) is 50.4 Å². The number of furan rings is 1. The van der Waals surface area contributed by atoms with Gasteiger partial charge in [-0.05, 0) is 37.8 Å². The highest BCUT2D eigenvalue weighted by molar-refractivity contribution is 5.03. The molecule has 82 valence electrons. The Labute approximate surface area is 90.2 Å². The largest absolute Gasteiger partial charge is 0.468 e. The van der Waals surface area contributed by atoms with E-state index < -0.39 is 0 Å². The van der Waals surface area contributed by atoms with Crippen molar-refractivity contribution in [3.63, 3.8) is 0 Å². The molecule has 0 aromatic carbocycles. The fraction of sp³-hybridized carbons (Fsp3) is 0.667. The highest BCUT2D eigenvalue weighted by Crippen LogP contribution is 2.36. The minimum Gasteiger partial charge on any atom is -0.468 e. The van der Waals surface area contributed by atoms with Gasteiger partial charge in [-0.15, -0.1) is 0 Å². The zero-order valence-corrected chi connectivity index (χ0v) is 8.93. The maximum absolute atomic E-state index is 5.85. The third-order valence-corrected chi connectivity index (χ3v) is 3.55. The molecule has 0 radical (unpaired) electrons. The van der Waals surface area contributed by atoms with Gasteiger partial charge < -0.3 is 10.2 Å². The first kappa shape index (κ1) is 9.43. The Kier molecular flexibility index (Phi) is 2.29. The van der Waals surface area contributed by atoms with Gasteiger partial charge in [-0.1, -0.05) is 0 Å². The molecule has 2 aliphatic carbocycles. The lowest BCUT2D eigenvalue weighted by Gasteiger charge is -2.41. The van der Waals surface area contributed by atoms with Crippen LogP contribution in [0.15, 0.2) is 22.8 Å². The second kappa shape index (κ2) is 3.65. The van der Waals surface area contributed by atoms with Gasteiger partial charge >= 0.3 is 0 Å². The number of nitrogens with zero attached hydrogens (tertiary/aromatic N) is 1. The van der Waals surface area contributed by atoms with Gasteiger partial charge in [-0.2, -0.15) is 0 Å². The summed E-state index contributed by atoms with van der Waals surface area (Å²) in [4.78, 5) is 2.59. The fourth-order valence-corrected chi connectivity index (χ4v) is 2.45. The summed E-state index contributed by atoms with van der Waals surface area (Å²) < 4.78 is 5.41. The van der Waals surface area contributed by atoms with Crippen LogP contribution in [0.4, 0.5) is 0 Å². The lowest BCUT2D eigenvalue weighted by atomic mass is 9.86. The van der Waals surface area contributed by atoms with Crippen molar-refractivity contribution in [3.05, 3.63) is 24.2 Å². The predicted octanol–water partition coefficient (Wildman–Crippen LogP) is 1.73. The number of rotatable bonds is 4. The Balaban J connectivity index is 1.64. The molecule has 1 aromatic rings. The van der Waals surface area contributed by atoms with Crippen LogP contribution in [-0.2, 0) is 6.54 Å². The van der Waals surface area contributed by atoms with Gasteiger partial charge in [0.2, 0.25) is 0 Å². The van der Waals surface area contributed by atoms with E-state index in [0.29, 0.717) is 12.1 Å². The molecule has 2 fully saturated rings. The monoisotopic (exact) mass is 206 g/mol. The summed E-state index contributed by atoms with van der Waals surface area (Å²) in [5.74, 6) is 1.09. The molecule has 0 spiro atoms. The summed E-state index contributed by atoms with van der Waals surface area (Å²) in [5, 5.41) is 0. The smallest absolute Gasteiger partial charge is 0.117 e. The first-order valence-corrected chi connectivity index (χ1v) is 5.86. The molecule has 3 nitrogen and oxygen atoms in total. The molecule has 0 unspecified atom stereocenters. The molecular formula is C12H18N2O. The number of hydrogen-bond donors (Lipinski definition) is 1. The molecule has 0 saturated heterocycles. The number of nitrogens with two attached hydrogens (primary N) is 1. The SMILES string of the molecule is NC1CC(N(Cc2ccco2)C2CC2)C1. The second-order valence-electron chi connectivity index (χ2n) is 4.87. The topological polar surface area (TPSA) is 42.4 Å². The molecule has 3 rings (SSSR count). The van der Waals surface area contributed by atoms with E-state index in [9.17, 15) is 0 Å². The van der Waals surface area contributed by atoms with Crippen LogP contribution in [0.1, 0.15) is 31.4 Å². The Morgan fingerprint density at radius 1 is 1.33 bits per heavy atom. The summed E-state index contributed by atoms with van der Waals surface area (Å²) >= 11 is 0. The van der Waals surface area contributed by atoms with Crippen LogP contribution in [0.25, 0.3) is 0 Å². The highest BCUT2D eigenvalue weighted by atomic mass is 16.3. The van der Waals surface area contributed by atoms with Crippen LogP contribution < -0.4 is 5.73 Å². The first-order valence-electron chi connectivity index (χ1n) is 5.86. The van der Waals surface area contributed by atoms with E-state index in [4.69, 9.17) is 10.2 Å². The summed E-state index contributed by atoms with van der Waals surface area (Å²) in [6, 6.07) is 5.97. The quantitative estimate of drug-likeness (QED) is 0.816. The van der Waals surface area contributed by atoms with E-state index in [2.05, 4.69) is 11.0 Å². The fourth-order valence-electron chi connectivity index (χ4n) is 2.45. The van der Waals surface area contributed by atoms with Crippen molar-refractivity contribution in [1.29, 1.82) is 0 Å². The van der Waals surface area contributed by atoms with Crippen molar-refractivity contribution >= 4 is 0 Å². The van der Waals surface area contributed by atoms with Crippen LogP contribution >= 0.6 is 0 Å². The van der Waals surface area contributed by atoms with Gasteiger partial charge in [0.1, 0.15) is 5.76 Å². The van der Waals surface area contributed by atoms with Crippen LogP contribution in [0.5, 0.6) is 0 Å². The predicted molar refractivity (Wildman–Crippen MR) is 58.3 cm³/mol. The van der Waals surface area contributed by atoms with E-state index in [0.717, 1.165) is 31.2 Å². The Bertz CT molecular complexity index is 312. The molecule has 0 aliphatic heterocycles. The van der Waals surface area contributed by atoms with Crippen molar-refractivity contribution in [1.82, 2.24) is 4.90 Å². The molecule has 0 bridgehead atoms. The standard InChI is InChI=1S/C12H18N2O/c13-9-6-11(7-9)14(10-3-4-10)8-12-2-1-5-15-12/h1-2,5,9-11H,3-4,6-8,13H2. The van der Waals surface area contributed by atoms with Gasteiger partial charge in [-0.25, -0.2) is 0 Å². The van der Waals surface area contributed by atoms with E-state index in [1.54, 1.807) is 6.26 Å². The summed E-state index contributed by atoms with van der Waals surface area (Å²) in [6.45, 7) is 0.967. The molecule has 1 aromatic heterocycles. The summed E-state index contributed by atoms with van der Waals surface area (Å²) in [7, 11) is 0. The molecule has 2 N–H and O–H groups in total. The Morgan fingerprint density at radius 2 is 2.13 bits per heavy atom. The maximum Gasteiger partial charge on any atom is 0.117 e. The van der Waals surface area contributed by atoms with E-state index >= 15 is 0 Å². The molecule has 2 aliphatic rings. The van der Waals surface area contributed by atoms with Crippen molar-refractivity contribution in [2.24, 2.45) is 5.73 Å². The molecule has 3 heteroatoms. The minimum atomic E-state index is 0.438. The Hall–Kier alpha value is -0.800. The molecule has 0 amide bonds. The lowest BCUT2D eigenvalue weighted by molar-refractivity contribution is 0.0877. The van der Waals surface area contributed by atoms with Crippen molar-refractivity contribution in [3.8, 4) is 0 Å². The molecule has 1 heterocycles. The van der Waals surface area contributed by atoms with Gasteiger partial charge in [0.25, 0.3) is 0 Å². The molecule has 15 heavy (non-hydrogen) atoms. The third-order valence-electron chi connectivity index (χ3n) is 3.55. The molecular weight excluding hydrogens is 188 g/mol. The molecule has 0 atom stereocenters. The zero-order valence-electron chi connectivity index (χ0n) is 8.93. The maximum atomic E-state index is 5.85. The van der Waals surface area contributed by atoms with E-state index in [1.165, 1.54) is 12.8 Å². The average Bonchev–Trinajstić information content (AvgIpc) is 2.89. The zero-order chi connectivity index (χ0) is 10.3. The molecule has 2 saturated carbocycles.